The Kier molecular flexibility index (Phi) is 4.88. The van der Waals surface area contributed by atoms with Gasteiger partial charge in [-0.05, 0) is 36.1 Å². The number of fused-ring (bicyclic) bond motifs is 2. The Hall–Kier alpha value is -4.79. The number of hydrogen-bond donors (Lipinski definition) is 2. The molecule has 4 aromatic heterocycles. The average Bonchev–Trinajstić information content (AvgIpc) is 3.53. The highest BCUT2D eigenvalue weighted by Crippen LogP contribution is 2.30. The predicted molar refractivity (Wildman–Crippen MR) is 135 cm³/mol. The average molecular weight is 463 g/mol. The van der Waals surface area contributed by atoms with Crippen molar-refractivity contribution >= 4 is 27.8 Å². The third-order valence-corrected chi connectivity index (χ3v) is 6.12. The Morgan fingerprint density at radius 2 is 1.89 bits per heavy atom. The summed E-state index contributed by atoms with van der Waals surface area (Å²) in [6.45, 7) is 2.01. The van der Waals surface area contributed by atoms with Crippen LogP contribution in [-0.4, -0.2) is 34.3 Å². The number of nitrogens with one attached hydrogen (secondary N) is 2. The monoisotopic (exact) mass is 462 g/mol. The Morgan fingerprint density at radius 1 is 1.03 bits per heavy atom. The third-order valence-electron chi connectivity index (χ3n) is 6.12. The minimum absolute atomic E-state index is 0.0931. The van der Waals surface area contributed by atoms with Crippen molar-refractivity contribution in [1.29, 1.82) is 0 Å². The van der Waals surface area contributed by atoms with Crippen molar-refractivity contribution in [2.24, 2.45) is 7.05 Å². The van der Waals surface area contributed by atoms with E-state index in [4.69, 9.17) is 0 Å². The van der Waals surface area contributed by atoms with E-state index in [2.05, 4.69) is 36.4 Å². The van der Waals surface area contributed by atoms with Crippen LogP contribution in [0.5, 0.6) is 0 Å². The zero-order valence-corrected chi connectivity index (χ0v) is 19.2. The maximum atomic E-state index is 14.1. The lowest BCUT2D eigenvalue weighted by atomic mass is 9.99. The smallest absolute Gasteiger partial charge is 0.263 e. The maximum Gasteiger partial charge on any atom is 0.263 e. The van der Waals surface area contributed by atoms with Gasteiger partial charge in [0.2, 0.25) is 0 Å². The molecule has 2 aromatic carbocycles. The highest BCUT2D eigenvalue weighted by atomic mass is 16.1. The molecule has 9 nitrogen and oxygen atoms in total. The molecule has 4 heterocycles. The fourth-order valence-corrected chi connectivity index (χ4v) is 4.49. The number of para-hydroxylation sites is 1. The Bertz CT molecular complexity index is 1730. The molecular weight excluding hydrogens is 440 g/mol. The number of aromatic nitrogens is 7. The molecule has 0 amide bonds. The van der Waals surface area contributed by atoms with Crippen molar-refractivity contribution < 1.29 is 0 Å². The number of aromatic amines is 1. The van der Waals surface area contributed by atoms with E-state index < -0.39 is 0 Å². The van der Waals surface area contributed by atoms with Crippen molar-refractivity contribution in [1.82, 2.24) is 34.3 Å². The summed E-state index contributed by atoms with van der Waals surface area (Å²) >= 11 is 0. The number of aryl methyl sites for hydroxylation is 1. The van der Waals surface area contributed by atoms with E-state index in [9.17, 15) is 4.79 Å². The minimum Gasteiger partial charge on any atom is -0.360 e. The quantitative estimate of drug-likeness (QED) is 0.397. The first-order chi connectivity index (χ1) is 17.1. The number of benzene rings is 2. The van der Waals surface area contributed by atoms with Gasteiger partial charge < -0.3 is 10.3 Å². The molecule has 0 unspecified atom stereocenters. The van der Waals surface area contributed by atoms with Crippen LogP contribution < -0.4 is 10.9 Å². The second-order valence-electron chi connectivity index (χ2n) is 8.41. The van der Waals surface area contributed by atoms with Crippen LogP contribution in [-0.2, 0) is 7.05 Å². The normalized spacial score (nSPS) is 12.3. The number of H-pyrrole nitrogens is 1. The second kappa shape index (κ2) is 8.21. The van der Waals surface area contributed by atoms with Crippen molar-refractivity contribution in [3.05, 3.63) is 95.7 Å². The van der Waals surface area contributed by atoms with Gasteiger partial charge in [0.25, 0.3) is 5.56 Å². The zero-order chi connectivity index (χ0) is 23.9. The Labute approximate surface area is 200 Å². The van der Waals surface area contributed by atoms with Gasteiger partial charge in [0.1, 0.15) is 11.8 Å². The Balaban J connectivity index is 1.57. The summed E-state index contributed by atoms with van der Waals surface area (Å²) < 4.78 is 3.50. The lowest BCUT2D eigenvalue weighted by Crippen LogP contribution is -2.26. The summed E-state index contributed by atoms with van der Waals surface area (Å²) in [5.74, 6) is 0.597. The van der Waals surface area contributed by atoms with Crippen molar-refractivity contribution in [3.8, 4) is 16.8 Å². The van der Waals surface area contributed by atoms with Gasteiger partial charge in [0.05, 0.1) is 24.0 Å². The minimum atomic E-state index is -0.260. The highest BCUT2D eigenvalue weighted by molar-refractivity contribution is 5.96. The molecule has 0 radical (unpaired) electrons. The molecule has 0 aliphatic carbocycles. The molecule has 6 rings (SSSR count). The molecule has 1 atom stereocenters. The molecular formula is C26H22N8O. The van der Waals surface area contributed by atoms with Gasteiger partial charge in [-0.25, -0.2) is 15.0 Å². The second-order valence-corrected chi connectivity index (χ2v) is 8.41. The number of rotatable bonds is 5. The molecule has 172 valence electrons. The summed E-state index contributed by atoms with van der Waals surface area (Å²) in [6, 6.07) is 17.4. The highest BCUT2D eigenvalue weighted by Gasteiger charge is 2.20. The lowest BCUT2D eigenvalue weighted by molar-refractivity contribution is 0.768. The molecule has 0 aliphatic heterocycles. The molecule has 9 heteroatoms. The van der Waals surface area contributed by atoms with E-state index in [1.807, 2.05) is 68.7 Å². The van der Waals surface area contributed by atoms with Crippen LogP contribution in [0, 0.1) is 0 Å². The molecule has 0 saturated heterocycles. The fraction of sp³-hybridized carbons (Fsp3) is 0.115. The van der Waals surface area contributed by atoms with E-state index >= 15 is 0 Å². The van der Waals surface area contributed by atoms with Gasteiger partial charge in [0, 0.05) is 30.2 Å². The predicted octanol–water partition coefficient (Wildman–Crippen LogP) is 4.23. The van der Waals surface area contributed by atoms with E-state index in [1.54, 1.807) is 21.8 Å². The van der Waals surface area contributed by atoms with Gasteiger partial charge in [-0.1, -0.05) is 36.4 Å². The molecule has 0 spiro atoms. The van der Waals surface area contributed by atoms with Gasteiger partial charge in [-0.2, -0.15) is 5.10 Å². The van der Waals surface area contributed by atoms with Crippen molar-refractivity contribution in [2.45, 2.75) is 13.0 Å². The van der Waals surface area contributed by atoms with Gasteiger partial charge >= 0.3 is 0 Å². The number of pyridine rings is 1. The standard InChI is InChI=1S/C26H22N8O/c1-16(32-25-23-24(28-14-27-23)29-15-30-25)21-11-17-7-6-10-20(18-12-31-33(2)13-18)22(17)26(35)34(21)19-8-4-3-5-9-19/h3-16H,1-2H3,(H2,27,28,29,30,32)/t16-/m0/s1. The number of hydrogen-bond acceptors (Lipinski definition) is 6. The molecule has 35 heavy (non-hydrogen) atoms. The topological polar surface area (TPSA) is 106 Å². The number of anilines is 1. The molecule has 0 aliphatic rings. The molecule has 0 saturated carbocycles. The van der Waals surface area contributed by atoms with Crippen LogP contribution in [0.3, 0.4) is 0 Å². The number of nitrogens with zero attached hydrogens (tertiary/aromatic N) is 6. The zero-order valence-electron chi connectivity index (χ0n) is 19.2. The first-order valence-electron chi connectivity index (χ1n) is 11.2. The molecule has 2 N–H and O–H groups in total. The Morgan fingerprint density at radius 3 is 2.69 bits per heavy atom. The fourth-order valence-electron chi connectivity index (χ4n) is 4.49. The lowest BCUT2D eigenvalue weighted by Gasteiger charge is -2.22. The van der Waals surface area contributed by atoms with E-state index in [0.29, 0.717) is 22.4 Å². The summed E-state index contributed by atoms with van der Waals surface area (Å²) in [7, 11) is 1.87. The van der Waals surface area contributed by atoms with Crippen molar-refractivity contribution in [3.63, 3.8) is 0 Å². The van der Waals surface area contributed by atoms with Crippen LogP contribution in [0.4, 0.5) is 5.82 Å². The third kappa shape index (κ3) is 3.54. The summed E-state index contributed by atoms with van der Waals surface area (Å²) in [5, 5.41) is 9.24. The van der Waals surface area contributed by atoms with Crippen molar-refractivity contribution in [2.75, 3.05) is 5.32 Å². The van der Waals surface area contributed by atoms with Crippen LogP contribution in [0.1, 0.15) is 18.7 Å². The summed E-state index contributed by atoms with van der Waals surface area (Å²) in [6.07, 6.45) is 6.78. The first-order valence-corrected chi connectivity index (χ1v) is 11.2. The molecule has 6 aromatic rings. The SMILES string of the molecule is C[C@H](Nc1ncnc2[nH]cnc12)c1cc2cccc(-c3cnn(C)c3)c2c(=O)n1-c1ccccc1. The van der Waals surface area contributed by atoms with Crippen LogP contribution in [0.15, 0.2) is 84.4 Å². The van der Waals surface area contributed by atoms with E-state index in [0.717, 1.165) is 27.9 Å². The van der Waals surface area contributed by atoms with Crippen LogP contribution in [0.25, 0.3) is 38.8 Å². The van der Waals surface area contributed by atoms with Gasteiger partial charge in [-0.15, -0.1) is 0 Å². The van der Waals surface area contributed by atoms with Crippen LogP contribution in [0.2, 0.25) is 0 Å². The largest absolute Gasteiger partial charge is 0.360 e. The van der Waals surface area contributed by atoms with E-state index in [-0.39, 0.29) is 11.6 Å². The summed E-state index contributed by atoms with van der Waals surface area (Å²) in [4.78, 5) is 30.1. The summed E-state index contributed by atoms with van der Waals surface area (Å²) in [5.41, 5.74) is 4.55. The molecule has 0 bridgehead atoms. The first kappa shape index (κ1) is 20.8. The number of imidazole rings is 1. The van der Waals surface area contributed by atoms with Gasteiger partial charge in [0.15, 0.2) is 11.5 Å². The van der Waals surface area contributed by atoms with E-state index in [1.165, 1.54) is 6.33 Å². The molecule has 0 fully saturated rings. The maximum absolute atomic E-state index is 14.1. The van der Waals surface area contributed by atoms with Crippen LogP contribution >= 0.6 is 0 Å². The van der Waals surface area contributed by atoms with Gasteiger partial charge in [-0.3, -0.25) is 14.0 Å².